The van der Waals surface area contributed by atoms with E-state index in [1.54, 1.807) is 37.4 Å². The van der Waals surface area contributed by atoms with Crippen LogP contribution in [0.15, 0.2) is 29.4 Å². The van der Waals surface area contributed by atoms with Crippen LogP contribution in [0.1, 0.15) is 17.3 Å². The predicted octanol–water partition coefficient (Wildman–Crippen LogP) is 1.47. The molecular formula is C11H10N2O2. The lowest BCUT2D eigenvalue weighted by Gasteiger charge is -2.12. The molecule has 15 heavy (non-hydrogen) atoms. The number of nitrogens with zero attached hydrogens (tertiary/aromatic N) is 2. The molecule has 1 heterocycles. The van der Waals surface area contributed by atoms with Crippen molar-refractivity contribution in [3.8, 4) is 0 Å². The van der Waals surface area contributed by atoms with Crippen LogP contribution in [0.5, 0.6) is 0 Å². The normalized spacial score (nSPS) is 19.7. The second-order valence-electron chi connectivity index (χ2n) is 3.41. The Kier molecular flexibility index (Phi) is 2.33. The Morgan fingerprint density at radius 3 is 2.47 bits per heavy atom. The first-order chi connectivity index (χ1) is 7.22. The number of carbonyl (C=O) groups is 2. The molecule has 1 aliphatic heterocycles. The van der Waals surface area contributed by atoms with Gasteiger partial charge in [0.2, 0.25) is 0 Å². The fraction of sp³-hybridized carbons (Fsp3) is 0.182. The van der Waals surface area contributed by atoms with Gasteiger partial charge in [-0.3, -0.25) is 9.59 Å². The highest BCUT2D eigenvalue weighted by molar-refractivity contribution is 6.07. The average molecular weight is 202 g/mol. The number of anilines is 1. The molecule has 2 rings (SSSR count). The van der Waals surface area contributed by atoms with Crippen molar-refractivity contribution >= 4 is 24.1 Å². The number of hydrogen-bond acceptors (Lipinski definition) is 3. The van der Waals surface area contributed by atoms with Crippen molar-refractivity contribution in [2.24, 2.45) is 11.0 Å². The third kappa shape index (κ3) is 1.66. The van der Waals surface area contributed by atoms with Gasteiger partial charge in [0.25, 0.3) is 5.91 Å². The largest absolute Gasteiger partial charge is 0.298 e. The van der Waals surface area contributed by atoms with E-state index in [9.17, 15) is 9.59 Å². The van der Waals surface area contributed by atoms with E-state index in [0.29, 0.717) is 11.3 Å². The summed E-state index contributed by atoms with van der Waals surface area (Å²) in [5.74, 6) is -0.218. The number of hydrogen-bond donors (Lipinski definition) is 0. The number of carbonyl (C=O) groups excluding carboxylic acids is 2. The smallest absolute Gasteiger partial charge is 0.255 e. The van der Waals surface area contributed by atoms with Crippen molar-refractivity contribution in [1.29, 1.82) is 0 Å². The second-order valence-corrected chi connectivity index (χ2v) is 3.41. The molecule has 76 valence electrons. The maximum atomic E-state index is 11.6. The molecule has 1 aromatic carbocycles. The molecule has 0 fully saturated rings. The minimum absolute atomic E-state index is 0.0474. The van der Waals surface area contributed by atoms with Crippen LogP contribution >= 0.6 is 0 Å². The summed E-state index contributed by atoms with van der Waals surface area (Å²) in [5.41, 5.74) is 1.27. The zero-order valence-electron chi connectivity index (χ0n) is 8.25. The van der Waals surface area contributed by atoms with Crippen LogP contribution in [0.3, 0.4) is 0 Å². The lowest BCUT2D eigenvalue weighted by Crippen LogP contribution is -2.24. The zero-order valence-corrected chi connectivity index (χ0v) is 8.25. The highest BCUT2D eigenvalue weighted by atomic mass is 16.2. The molecule has 1 aliphatic rings. The van der Waals surface area contributed by atoms with E-state index in [1.165, 1.54) is 5.01 Å². The number of hydrazone groups is 1. The maximum absolute atomic E-state index is 11.6. The Morgan fingerprint density at radius 2 is 2.00 bits per heavy atom. The summed E-state index contributed by atoms with van der Waals surface area (Å²) in [7, 11) is 0. The first-order valence-corrected chi connectivity index (χ1v) is 4.65. The minimum Gasteiger partial charge on any atom is -0.298 e. The Bertz CT molecular complexity index is 423. The molecule has 4 heteroatoms. The molecule has 0 aliphatic carbocycles. The standard InChI is InChI=1S/C11H10N2O2/c1-8-6-12-13(11(8)15)10-4-2-9(7-14)3-5-10/h2-8H,1H3. The zero-order chi connectivity index (χ0) is 10.8. The summed E-state index contributed by atoms with van der Waals surface area (Å²) in [6.45, 7) is 1.80. The van der Waals surface area contributed by atoms with E-state index in [4.69, 9.17) is 0 Å². The third-order valence-electron chi connectivity index (χ3n) is 2.28. The first-order valence-electron chi connectivity index (χ1n) is 4.65. The molecule has 1 amide bonds. The maximum Gasteiger partial charge on any atom is 0.255 e. The molecule has 4 nitrogen and oxygen atoms in total. The SMILES string of the molecule is CC1C=NN(c2ccc(C=O)cc2)C1=O. The van der Waals surface area contributed by atoms with Crippen molar-refractivity contribution in [2.75, 3.05) is 5.01 Å². The van der Waals surface area contributed by atoms with E-state index in [-0.39, 0.29) is 11.8 Å². The van der Waals surface area contributed by atoms with Crippen LogP contribution in [-0.4, -0.2) is 18.4 Å². The molecular weight excluding hydrogens is 192 g/mol. The van der Waals surface area contributed by atoms with Crippen LogP contribution in [-0.2, 0) is 4.79 Å². The van der Waals surface area contributed by atoms with Crippen molar-refractivity contribution in [3.63, 3.8) is 0 Å². The van der Waals surface area contributed by atoms with Crippen LogP contribution < -0.4 is 5.01 Å². The van der Waals surface area contributed by atoms with Crippen LogP contribution in [0.2, 0.25) is 0 Å². The van der Waals surface area contributed by atoms with Gasteiger partial charge in [-0.05, 0) is 31.2 Å². The fourth-order valence-corrected chi connectivity index (χ4v) is 1.37. The quantitative estimate of drug-likeness (QED) is 0.682. The van der Waals surface area contributed by atoms with Gasteiger partial charge >= 0.3 is 0 Å². The van der Waals surface area contributed by atoms with E-state index in [1.807, 2.05) is 0 Å². The van der Waals surface area contributed by atoms with Gasteiger partial charge in [-0.2, -0.15) is 5.10 Å². The van der Waals surface area contributed by atoms with Crippen LogP contribution in [0.25, 0.3) is 0 Å². The van der Waals surface area contributed by atoms with Gasteiger partial charge in [0.05, 0.1) is 11.6 Å². The Hall–Kier alpha value is -1.97. The van der Waals surface area contributed by atoms with Crippen molar-refractivity contribution in [1.82, 2.24) is 0 Å². The van der Waals surface area contributed by atoms with Gasteiger partial charge in [-0.25, -0.2) is 5.01 Å². The lowest BCUT2D eigenvalue weighted by molar-refractivity contribution is -0.119. The molecule has 0 saturated carbocycles. The van der Waals surface area contributed by atoms with Gasteiger partial charge < -0.3 is 0 Å². The van der Waals surface area contributed by atoms with Crippen molar-refractivity contribution in [3.05, 3.63) is 29.8 Å². The molecule has 0 saturated heterocycles. The number of benzene rings is 1. The minimum atomic E-state index is -0.171. The fourth-order valence-electron chi connectivity index (χ4n) is 1.37. The predicted molar refractivity (Wildman–Crippen MR) is 57.0 cm³/mol. The Labute approximate surface area is 87.2 Å². The van der Waals surface area contributed by atoms with E-state index >= 15 is 0 Å². The molecule has 0 N–H and O–H groups in total. The summed E-state index contributed by atoms with van der Waals surface area (Å²) in [4.78, 5) is 22.0. The van der Waals surface area contributed by atoms with E-state index < -0.39 is 0 Å². The summed E-state index contributed by atoms with van der Waals surface area (Å²) in [6.07, 6.45) is 2.37. The molecule has 0 aromatic heterocycles. The molecule has 0 spiro atoms. The highest BCUT2D eigenvalue weighted by Gasteiger charge is 2.25. The van der Waals surface area contributed by atoms with E-state index in [2.05, 4.69) is 5.10 Å². The lowest BCUT2D eigenvalue weighted by atomic mass is 10.2. The monoisotopic (exact) mass is 202 g/mol. The third-order valence-corrected chi connectivity index (χ3v) is 2.28. The molecule has 1 aromatic rings. The van der Waals surface area contributed by atoms with Gasteiger partial charge in [-0.15, -0.1) is 0 Å². The molecule has 0 bridgehead atoms. The summed E-state index contributed by atoms with van der Waals surface area (Å²) in [6, 6.07) is 6.73. The number of aldehydes is 1. The first kappa shape index (κ1) is 9.58. The van der Waals surface area contributed by atoms with E-state index in [0.717, 1.165) is 6.29 Å². The van der Waals surface area contributed by atoms with Crippen LogP contribution in [0.4, 0.5) is 5.69 Å². The van der Waals surface area contributed by atoms with Crippen molar-refractivity contribution in [2.45, 2.75) is 6.92 Å². The Balaban J connectivity index is 2.27. The summed E-state index contributed by atoms with van der Waals surface area (Å²) < 4.78 is 0. The number of rotatable bonds is 2. The highest BCUT2D eigenvalue weighted by Crippen LogP contribution is 2.20. The second kappa shape index (κ2) is 3.65. The van der Waals surface area contributed by atoms with Gasteiger partial charge in [0.15, 0.2) is 0 Å². The van der Waals surface area contributed by atoms with Crippen LogP contribution in [0, 0.1) is 5.92 Å². The van der Waals surface area contributed by atoms with Gasteiger partial charge in [0.1, 0.15) is 6.29 Å². The summed E-state index contributed by atoms with van der Waals surface area (Å²) >= 11 is 0. The topological polar surface area (TPSA) is 49.7 Å². The molecule has 1 atom stereocenters. The molecule has 0 radical (unpaired) electrons. The summed E-state index contributed by atoms with van der Waals surface area (Å²) in [5, 5.41) is 5.34. The number of amides is 1. The van der Waals surface area contributed by atoms with Gasteiger partial charge in [-0.1, -0.05) is 0 Å². The molecule has 1 unspecified atom stereocenters. The average Bonchev–Trinajstić information content (AvgIpc) is 2.60. The van der Waals surface area contributed by atoms with Gasteiger partial charge in [0, 0.05) is 11.8 Å². The van der Waals surface area contributed by atoms with Crippen molar-refractivity contribution < 1.29 is 9.59 Å². The Morgan fingerprint density at radius 1 is 1.33 bits per heavy atom.